The van der Waals surface area contributed by atoms with Gasteiger partial charge in [-0.3, -0.25) is 0 Å². The monoisotopic (exact) mass is 126 g/mol. The van der Waals surface area contributed by atoms with Gasteiger partial charge in [0.05, 0.1) is 0 Å². The molecule has 0 aromatic carbocycles. The molecule has 52 valence electrons. The molecule has 0 amide bonds. The predicted octanol–water partition coefficient (Wildman–Crippen LogP) is -0.0901. The van der Waals surface area contributed by atoms with Gasteiger partial charge in [0.15, 0.2) is 0 Å². The van der Waals surface area contributed by atoms with Crippen LogP contribution in [0.2, 0.25) is 0 Å². The zero-order chi connectivity index (χ0) is 6.27. The maximum atomic E-state index is 3.44. The highest BCUT2D eigenvalue weighted by Crippen LogP contribution is 2.21. The lowest BCUT2D eigenvalue weighted by Crippen LogP contribution is -2.60. The summed E-state index contributed by atoms with van der Waals surface area (Å²) in [6, 6.07) is 0.876. The zero-order valence-corrected chi connectivity index (χ0v) is 5.93. The minimum Gasteiger partial charge on any atom is -0.313 e. The summed E-state index contributed by atoms with van der Waals surface area (Å²) in [5, 5.41) is 3.44. The molecule has 0 unspecified atom stereocenters. The Balaban J connectivity index is 1.92. The molecule has 2 heterocycles. The zero-order valence-electron chi connectivity index (χ0n) is 5.93. The largest absolute Gasteiger partial charge is 0.313 e. The smallest absolute Gasteiger partial charge is 0.0132 e. The summed E-state index contributed by atoms with van der Waals surface area (Å²) in [5.41, 5.74) is 0. The van der Waals surface area contributed by atoms with E-state index in [0.717, 1.165) is 12.0 Å². The third-order valence-electron chi connectivity index (χ3n) is 2.58. The Morgan fingerprint density at radius 2 is 2.44 bits per heavy atom. The molecule has 0 radical (unpaired) electrons. The topological polar surface area (TPSA) is 15.3 Å². The van der Waals surface area contributed by atoms with E-state index in [0.29, 0.717) is 0 Å². The van der Waals surface area contributed by atoms with Gasteiger partial charge in [-0.1, -0.05) is 0 Å². The van der Waals surface area contributed by atoms with Gasteiger partial charge < -0.3 is 10.2 Å². The molecule has 2 saturated heterocycles. The summed E-state index contributed by atoms with van der Waals surface area (Å²) in [6.45, 7) is 3.86. The fraction of sp³-hybridized carbons (Fsp3) is 1.00. The van der Waals surface area contributed by atoms with E-state index in [-0.39, 0.29) is 0 Å². The molecule has 0 aromatic rings. The van der Waals surface area contributed by atoms with Crippen LogP contribution in [0.1, 0.15) is 6.42 Å². The van der Waals surface area contributed by atoms with Gasteiger partial charge in [-0.2, -0.15) is 0 Å². The van der Waals surface area contributed by atoms with Gasteiger partial charge in [-0.25, -0.2) is 0 Å². The lowest BCUT2D eigenvalue weighted by molar-refractivity contribution is 0.101. The van der Waals surface area contributed by atoms with Gasteiger partial charge in [-0.05, 0) is 25.9 Å². The van der Waals surface area contributed by atoms with Crippen molar-refractivity contribution in [3.63, 3.8) is 0 Å². The third-order valence-corrected chi connectivity index (χ3v) is 2.58. The van der Waals surface area contributed by atoms with E-state index in [1.54, 1.807) is 0 Å². The first-order chi connectivity index (χ1) is 4.36. The predicted molar refractivity (Wildman–Crippen MR) is 37.4 cm³/mol. The molecule has 2 atom stereocenters. The van der Waals surface area contributed by atoms with Crippen molar-refractivity contribution < 1.29 is 0 Å². The molecular formula is C7H14N2. The maximum Gasteiger partial charge on any atom is 0.0132 e. The Kier molecular flexibility index (Phi) is 1.24. The number of hydrogen-bond acceptors (Lipinski definition) is 2. The van der Waals surface area contributed by atoms with Crippen molar-refractivity contribution in [3.05, 3.63) is 0 Å². The molecule has 2 fully saturated rings. The molecule has 0 spiro atoms. The van der Waals surface area contributed by atoms with Crippen LogP contribution in [0.5, 0.6) is 0 Å². The van der Waals surface area contributed by atoms with Crippen LogP contribution in [0.25, 0.3) is 0 Å². The summed E-state index contributed by atoms with van der Waals surface area (Å²) in [6.07, 6.45) is 1.36. The molecule has 2 heteroatoms. The average molecular weight is 126 g/mol. The molecule has 1 N–H and O–H groups in total. The van der Waals surface area contributed by atoms with E-state index in [9.17, 15) is 0 Å². The van der Waals surface area contributed by atoms with Crippen LogP contribution < -0.4 is 5.32 Å². The number of rotatable bonds is 0. The fourth-order valence-electron chi connectivity index (χ4n) is 1.83. The first-order valence-electron chi connectivity index (χ1n) is 3.78. The van der Waals surface area contributed by atoms with Crippen LogP contribution in [0, 0.1) is 5.92 Å². The molecular weight excluding hydrogens is 112 g/mol. The van der Waals surface area contributed by atoms with E-state index in [1.165, 1.54) is 26.1 Å². The minimum atomic E-state index is 0.876. The summed E-state index contributed by atoms with van der Waals surface area (Å²) in [7, 11) is 2.22. The lowest BCUT2D eigenvalue weighted by atomic mass is 9.86. The van der Waals surface area contributed by atoms with Crippen LogP contribution in [-0.2, 0) is 0 Å². The Morgan fingerprint density at radius 3 is 2.89 bits per heavy atom. The van der Waals surface area contributed by atoms with Gasteiger partial charge in [0, 0.05) is 19.1 Å². The van der Waals surface area contributed by atoms with E-state index in [4.69, 9.17) is 0 Å². The van der Waals surface area contributed by atoms with Crippen molar-refractivity contribution in [3.8, 4) is 0 Å². The van der Waals surface area contributed by atoms with E-state index >= 15 is 0 Å². The maximum absolute atomic E-state index is 3.44. The summed E-state index contributed by atoms with van der Waals surface area (Å²) in [5.74, 6) is 0.976. The normalized spacial score (nSPS) is 43.7. The fourth-order valence-corrected chi connectivity index (χ4v) is 1.83. The van der Waals surface area contributed by atoms with E-state index in [1.807, 2.05) is 0 Å². The summed E-state index contributed by atoms with van der Waals surface area (Å²) in [4.78, 5) is 2.43. The van der Waals surface area contributed by atoms with Crippen LogP contribution in [0.4, 0.5) is 0 Å². The molecule has 9 heavy (non-hydrogen) atoms. The molecule has 0 saturated carbocycles. The second kappa shape index (κ2) is 1.96. The van der Waals surface area contributed by atoms with Crippen LogP contribution >= 0.6 is 0 Å². The molecule has 2 aliphatic heterocycles. The van der Waals surface area contributed by atoms with E-state index < -0.39 is 0 Å². The molecule has 2 aliphatic rings. The quantitative estimate of drug-likeness (QED) is 0.488. The molecule has 0 aromatic heterocycles. The highest BCUT2D eigenvalue weighted by Gasteiger charge is 2.33. The van der Waals surface area contributed by atoms with E-state index in [2.05, 4.69) is 17.3 Å². The standard InChI is InChI=1S/C7H14N2/c1-9-3-2-7-6(5-9)4-8-7/h6-8H,2-5H2,1H3/t6-,7+/m0/s1. The Labute approximate surface area is 56.2 Å². The Morgan fingerprint density at radius 1 is 1.56 bits per heavy atom. The Hall–Kier alpha value is -0.0800. The van der Waals surface area contributed by atoms with Crippen molar-refractivity contribution >= 4 is 0 Å². The number of piperidine rings is 1. The number of hydrogen-bond donors (Lipinski definition) is 1. The van der Waals surface area contributed by atoms with Crippen molar-refractivity contribution in [2.45, 2.75) is 12.5 Å². The average Bonchev–Trinajstić information content (AvgIpc) is 1.78. The molecule has 2 rings (SSSR count). The van der Waals surface area contributed by atoms with Crippen molar-refractivity contribution in [1.29, 1.82) is 0 Å². The second-order valence-corrected chi connectivity index (χ2v) is 3.33. The Bertz CT molecular complexity index is 113. The first kappa shape index (κ1) is 5.69. The van der Waals surface area contributed by atoms with Crippen molar-refractivity contribution in [1.82, 2.24) is 10.2 Å². The highest BCUT2D eigenvalue weighted by molar-refractivity contribution is 4.93. The van der Waals surface area contributed by atoms with Gasteiger partial charge >= 0.3 is 0 Å². The summed E-state index contributed by atoms with van der Waals surface area (Å²) < 4.78 is 0. The first-order valence-corrected chi connectivity index (χ1v) is 3.78. The highest BCUT2D eigenvalue weighted by atomic mass is 15.2. The molecule has 0 aliphatic carbocycles. The van der Waals surface area contributed by atoms with Gasteiger partial charge in [-0.15, -0.1) is 0 Å². The minimum absolute atomic E-state index is 0.876. The second-order valence-electron chi connectivity index (χ2n) is 3.33. The van der Waals surface area contributed by atoms with Crippen LogP contribution in [0.3, 0.4) is 0 Å². The number of nitrogens with zero attached hydrogens (tertiary/aromatic N) is 1. The van der Waals surface area contributed by atoms with Crippen LogP contribution in [-0.4, -0.2) is 37.6 Å². The number of fused-ring (bicyclic) bond motifs is 1. The van der Waals surface area contributed by atoms with Crippen molar-refractivity contribution in [2.24, 2.45) is 5.92 Å². The van der Waals surface area contributed by atoms with Crippen molar-refractivity contribution in [2.75, 3.05) is 26.7 Å². The number of likely N-dealkylation sites (tertiary alicyclic amines) is 1. The summed E-state index contributed by atoms with van der Waals surface area (Å²) >= 11 is 0. The molecule has 2 nitrogen and oxygen atoms in total. The van der Waals surface area contributed by atoms with Crippen LogP contribution in [0.15, 0.2) is 0 Å². The third kappa shape index (κ3) is 0.864. The molecule has 0 bridgehead atoms. The van der Waals surface area contributed by atoms with Gasteiger partial charge in [0.2, 0.25) is 0 Å². The van der Waals surface area contributed by atoms with Gasteiger partial charge in [0.1, 0.15) is 0 Å². The SMILES string of the molecule is CN1CC[C@H]2NC[C@H]2C1. The number of nitrogens with one attached hydrogen (secondary N) is 1. The lowest BCUT2D eigenvalue weighted by Gasteiger charge is -2.45. The van der Waals surface area contributed by atoms with Gasteiger partial charge in [0.25, 0.3) is 0 Å².